The summed E-state index contributed by atoms with van der Waals surface area (Å²) in [6, 6.07) is 0.361. The summed E-state index contributed by atoms with van der Waals surface area (Å²) in [5.41, 5.74) is 0.445. The first kappa shape index (κ1) is 21.5. The molecule has 0 aromatic rings. The SMILES string of the molecule is CCNC(=NCC(=O)NC1CCCCC1)NCC1(CC)CCC1.I. The Balaban J connectivity index is 0.00000288. The summed E-state index contributed by atoms with van der Waals surface area (Å²) in [5.74, 6) is 0.814. The first-order valence-corrected chi connectivity index (χ1v) is 9.49. The molecule has 0 heterocycles. The number of hydrogen-bond donors (Lipinski definition) is 3. The number of rotatable bonds is 7. The third-order valence-electron chi connectivity index (χ3n) is 5.49. The van der Waals surface area contributed by atoms with E-state index in [9.17, 15) is 4.79 Å². The molecule has 24 heavy (non-hydrogen) atoms. The topological polar surface area (TPSA) is 65.5 Å². The third kappa shape index (κ3) is 6.76. The van der Waals surface area contributed by atoms with Crippen LogP contribution in [0.15, 0.2) is 4.99 Å². The molecule has 1 amide bonds. The number of nitrogens with one attached hydrogen (secondary N) is 3. The van der Waals surface area contributed by atoms with Crippen LogP contribution in [0.25, 0.3) is 0 Å². The first-order chi connectivity index (χ1) is 11.2. The van der Waals surface area contributed by atoms with Crippen molar-refractivity contribution >= 4 is 35.8 Å². The van der Waals surface area contributed by atoms with Crippen LogP contribution < -0.4 is 16.0 Å². The molecule has 2 fully saturated rings. The van der Waals surface area contributed by atoms with Gasteiger partial charge in [0.1, 0.15) is 6.54 Å². The zero-order chi connectivity index (χ0) is 16.5. The summed E-state index contributed by atoms with van der Waals surface area (Å²) in [6.45, 7) is 6.31. The number of hydrogen-bond acceptors (Lipinski definition) is 2. The molecule has 6 heteroatoms. The minimum Gasteiger partial charge on any atom is -0.357 e. The fraction of sp³-hybridized carbons (Fsp3) is 0.889. The molecule has 5 nitrogen and oxygen atoms in total. The molecule has 0 aromatic heterocycles. The van der Waals surface area contributed by atoms with Gasteiger partial charge in [0, 0.05) is 19.1 Å². The van der Waals surface area contributed by atoms with Crippen molar-refractivity contribution in [3.63, 3.8) is 0 Å². The minimum atomic E-state index is 0. The highest BCUT2D eigenvalue weighted by molar-refractivity contribution is 14.0. The Morgan fingerprint density at radius 1 is 1.08 bits per heavy atom. The molecule has 3 N–H and O–H groups in total. The van der Waals surface area contributed by atoms with E-state index in [1.807, 2.05) is 0 Å². The highest BCUT2D eigenvalue weighted by Crippen LogP contribution is 2.42. The van der Waals surface area contributed by atoms with Gasteiger partial charge in [0.05, 0.1) is 0 Å². The molecule has 0 atom stereocenters. The monoisotopic (exact) mass is 450 g/mol. The van der Waals surface area contributed by atoms with Gasteiger partial charge in [-0.2, -0.15) is 0 Å². The molecular weight excluding hydrogens is 415 g/mol. The zero-order valence-corrected chi connectivity index (χ0v) is 17.7. The molecule has 0 spiro atoms. The maximum atomic E-state index is 12.1. The second kappa shape index (κ2) is 11.2. The van der Waals surface area contributed by atoms with Gasteiger partial charge in [-0.25, -0.2) is 4.99 Å². The highest BCUT2D eigenvalue weighted by atomic mass is 127. The average molecular weight is 450 g/mol. The van der Waals surface area contributed by atoms with E-state index in [2.05, 4.69) is 34.8 Å². The van der Waals surface area contributed by atoms with Gasteiger partial charge >= 0.3 is 0 Å². The minimum absolute atomic E-state index is 0. The van der Waals surface area contributed by atoms with Gasteiger partial charge in [-0.15, -0.1) is 24.0 Å². The molecule has 0 radical (unpaired) electrons. The van der Waals surface area contributed by atoms with Crippen LogP contribution in [0.1, 0.15) is 71.6 Å². The Morgan fingerprint density at radius 3 is 2.33 bits per heavy atom. The summed E-state index contributed by atoms with van der Waals surface area (Å²) >= 11 is 0. The van der Waals surface area contributed by atoms with E-state index in [4.69, 9.17) is 0 Å². The number of carbonyl (C=O) groups excluding carboxylic acids is 1. The van der Waals surface area contributed by atoms with E-state index in [1.54, 1.807) is 0 Å². The van der Waals surface area contributed by atoms with Gasteiger partial charge in [0.25, 0.3) is 0 Å². The summed E-state index contributed by atoms with van der Waals surface area (Å²) in [4.78, 5) is 16.5. The Labute approximate surface area is 164 Å². The van der Waals surface area contributed by atoms with Crippen molar-refractivity contribution in [3.05, 3.63) is 0 Å². The van der Waals surface area contributed by atoms with Gasteiger partial charge < -0.3 is 16.0 Å². The van der Waals surface area contributed by atoms with E-state index >= 15 is 0 Å². The predicted octanol–water partition coefficient (Wildman–Crippen LogP) is 3.19. The van der Waals surface area contributed by atoms with Crippen LogP contribution in [0.4, 0.5) is 0 Å². The van der Waals surface area contributed by atoms with E-state index in [1.165, 1.54) is 44.9 Å². The van der Waals surface area contributed by atoms with Gasteiger partial charge in [-0.1, -0.05) is 32.6 Å². The number of guanidine groups is 1. The van der Waals surface area contributed by atoms with Crippen molar-refractivity contribution < 1.29 is 4.79 Å². The number of halogens is 1. The smallest absolute Gasteiger partial charge is 0.242 e. The molecule has 0 saturated heterocycles. The molecule has 2 aliphatic carbocycles. The summed E-state index contributed by atoms with van der Waals surface area (Å²) in [6.07, 6.45) is 11.2. The zero-order valence-electron chi connectivity index (χ0n) is 15.3. The molecular formula is C18H35IN4O. The van der Waals surface area contributed by atoms with Crippen molar-refractivity contribution in [3.8, 4) is 0 Å². The van der Waals surface area contributed by atoms with Crippen molar-refractivity contribution in [1.82, 2.24) is 16.0 Å². The molecule has 140 valence electrons. The molecule has 0 bridgehead atoms. The van der Waals surface area contributed by atoms with Crippen molar-refractivity contribution in [2.75, 3.05) is 19.6 Å². The van der Waals surface area contributed by atoms with Crippen molar-refractivity contribution in [1.29, 1.82) is 0 Å². The molecule has 2 aliphatic rings. The van der Waals surface area contributed by atoms with Gasteiger partial charge in [-0.05, 0) is 44.4 Å². The third-order valence-corrected chi connectivity index (χ3v) is 5.49. The van der Waals surface area contributed by atoms with Crippen LogP contribution in [0.2, 0.25) is 0 Å². The van der Waals surface area contributed by atoms with Gasteiger partial charge in [0.15, 0.2) is 5.96 Å². The predicted molar refractivity (Wildman–Crippen MR) is 111 cm³/mol. The van der Waals surface area contributed by atoms with Crippen LogP contribution >= 0.6 is 24.0 Å². The molecule has 0 aliphatic heterocycles. The fourth-order valence-corrected chi connectivity index (χ4v) is 3.62. The van der Waals surface area contributed by atoms with Crippen molar-refractivity contribution in [2.45, 2.75) is 77.7 Å². The van der Waals surface area contributed by atoms with E-state index in [0.717, 1.165) is 31.9 Å². The first-order valence-electron chi connectivity index (χ1n) is 9.49. The lowest BCUT2D eigenvalue weighted by Gasteiger charge is -2.41. The maximum absolute atomic E-state index is 12.1. The molecule has 0 aromatic carbocycles. The number of aliphatic imine (C=N–C) groups is 1. The Bertz CT molecular complexity index is 398. The number of amides is 1. The van der Waals surface area contributed by atoms with Crippen molar-refractivity contribution in [2.24, 2.45) is 10.4 Å². The van der Waals surface area contributed by atoms with Crippen LogP contribution in [0.5, 0.6) is 0 Å². The lowest BCUT2D eigenvalue weighted by molar-refractivity contribution is -0.120. The summed E-state index contributed by atoms with van der Waals surface area (Å²) in [7, 11) is 0. The largest absolute Gasteiger partial charge is 0.357 e. The van der Waals surface area contributed by atoms with E-state index < -0.39 is 0 Å². The Morgan fingerprint density at radius 2 is 1.79 bits per heavy atom. The molecule has 2 rings (SSSR count). The lowest BCUT2D eigenvalue weighted by atomic mass is 9.67. The Kier molecular flexibility index (Phi) is 10.0. The van der Waals surface area contributed by atoms with Gasteiger partial charge in [-0.3, -0.25) is 4.79 Å². The van der Waals surface area contributed by atoms with Gasteiger partial charge in [0.2, 0.25) is 5.91 Å². The van der Waals surface area contributed by atoms with E-state index in [0.29, 0.717) is 11.5 Å². The lowest BCUT2D eigenvalue weighted by Crippen LogP contribution is -2.46. The molecule has 2 saturated carbocycles. The molecule has 0 unspecified atom stereocenters. The second-order valence-electron chi connectivity index (χ2n) is 7.16. The van der Waals surface area contributed by atoms with E-state index in [-0.39, 0.29) is 36.4 Å². The summed E-state index contributed by atoms with van der Waals surface area (Å²) < 4.78 is 0. The second-order valence-corrected chi connectivity index (χ2v) is 7.16. The standard InChI is InChI=1S/C18H34N4O.HI/c1-3-18(11-8-12-18)14-21-17(19-4-2)20-13-16(23)22-15-9-6-5-7-10-15;/h15H,3-14H2,1-2H3,(H,22,23)(H2,19,20,21);1H. The highest BCUT2D eigenvalue weighted by Gasteiger charge is 2.34. The van der Waals surface area contributed by atoms with Crippen LogP contribution in [0, 0.1) is 5.41 Å². The summed E-state index contributed by atoms with van der Waals surface area (Å²) in [5, 5.41) is 9.80. The maximum Gasteiger partial charge on any atom is 0.242 e. The quantitative estimate of drug-likeness (QED) is 0.317. The van der Waals surface area contributed by atoms with Crippen LogP contribution in [0.3, 0.4) is 0 Å². The normalized spacial score (nSPS) is 20.5. The number of nitrogens with zero attached hydrogens (tertiary/aromatic N) is 1. The number of carbonyl (C=O) groups is 1. The fourth-order valence-electron chi connectivity index (χ4n) is 3.62. The Hall–Kier alpha value is -0.530. The van der Waals surface area contributed by atoms with Crippen LogP contribution in [-0.2, 0) is 4.79 Å². The van der Waals surface area contributed by atoms with Crippen LogP contribution in [-0.4, -0.2) is 37.5 Å². The average Bonchev–Trinajstić information content (AvgIpc) is 2.53.